The van der Waals surface area contributed by atoms with Crippen molar-refractivity contribution in [1.82, 2.24) is 5.32 Å². The van der Waals surface area contributed by atoms with Gasteiger partial charge in [0.25, 0.3) is 0 Å². The Balaban J connectivity index is 2.48. The maximum Gasteiger partial charge on any atom is 0.147 e. The summed E-state index contributed by atoms with van der Waals surface area (Å²) in [6.07, 6.45) is 8.34. The lowest BCUT2D eigenvalue weighted by Crippen LogP contribution is -2.39. The molecule has 3 nitrogen and oxygen atoms in total. The molecular formula is C14H29NO2S. The second-order valence-corrected chi connectivity index (χ2v) is 8.26. The first-order chi connectivity index (χ1) is 8.42. The van der Waals surface area contributed by atoms with Gasteiger partial charge in [-0.2, -0.15) is 0 Å². The normalized spacial score (nSPS) is 27.1. The Labute approximate surface area is 113 Å². The Morgan fingerprint density at radius 3 is 2.33 bits per heavy atom. The minimum atomic E-state index is -2.83. The zero-order valence-corrected chi connectivity index (χ0v) is 12.9. The van der Waals surface area contributed by atoms with Crippen LogP contribution in [0.5, 0.6) is 0 Å². The van der Waals surface area contributed by atoms with Crippen LogP contribution in [-0.4, -0.2) is 33.0 Å². The molecule has 0 radical (unpaired) electrons. The van der Waals surface area contributed by atoms with E-state index in [0.717, 1.165) is 25.3 Å². The fourth-order valence-corrected chi connectivity index (χ4v) is 3.55. The molecule has 1 aliphatic rings. The topological polar surface area (TPSA) is 46.2 Å². The highest BCUT2D eigenvalue weighted by Crippen LogP contribution is 2.31. The summed E-state index contributed by atoms with van der Waals surface area (Å²) in [6, 6.07) is 0.396. The van der Waals surface area contributed by atoms with Gasteiger partial charge in [0.2, 0.25) is 0 Å². The van der Waals surface area contributed by atoms with Crippen molar-refractivity contribution in [3.8, 4) is 0 Å². The van der Waals surface area contributed by atoms with Crippen molar-refractivity contribution in [2.24, 2.45) is 11.8 Å². The maximum absolute atomic E-state index is 11.3. The minimum absolute atomic E-state index is 0.320. The van der Waals surface area contributed by atoms with Gasteiger partial charge in [0.15, 0.2) is 0 Å². The predicted molar refractivity (Wildman–Crippen MR) is 77.5 cm³/mol. The smallest absolute Gasteiger partial charge is 0.147 e. The highest BCUT2D eigenvalue weighted by Gasteiger charge is 2.26. The first-order valence-corrected chi connectivity index (χ1v) is 9.39. The molecule has 1 unspecified atom stereocenters. The van der Waals surface area contributed by atoms with Gasteiger partial charge in [0, 0.05) is 12.3 Å². The quantitative estimate of drug-likeness (QED) is 0.777. The molecular weight excluding hydrogens is 246 g/mol. The third kappa shape index (κ3) is 6.19. The van der Waals surface area contributed by atoms with Gasteiger partial charge in [0.05, 0.1) is 5.75 Å². The van der Waals surface area contributed by atoms with Crippen LogP contribution in [0.25, 0.3) is 0 Å². The van der Waals surface area contributed by atoms with Gasteiger partial charge in [-0.15, -0.1) is 0 Å². The number of nitrogens with one attached hydrogen (secondary N) is 1. The van der Waals surface area contributed by atoms with E-state index in [2.05, 4.69) is 19.2 Å². The van der Waals surface area contributed by atoms with Crippen LogP contribution in [0.2, 0.25) is 0 Å². The van der Waals surface area contributed by atoms with E-state index in [4.69, 9.17) is 0 Å². The molecule has 108 valence electrons. The van der Waals surface area contributed by atoms with E-state index in [9.17, 15) is 8.42 Å². The summed E-state index contributed by atoms with van der Waals surface area (Å²) in [5.74, 6) is 1.85. The summed E-state index contributed by atoms with van der Waals surface area (Å²) in [4.78, 5) is 0. The Morgan fingerprint density at radius 2 is 1.83 bits per heavy atom. The molecule has 4 heteroatoms. The maximum atomic E-state index is 11.3. The number of hydrogen-bond donors (Lipinski definition) is 1. The van der Waals surface area contributed by atoms with Crippen LogP contribution in [0.1, 0.15) is 52.4 Å². The highest BCUT2D eigenvalue weighted by molar-refractivity contribution is 7.90. The molecule has 1 fully saturated rings. The summed E-state index contributed by atoms with van der Waals surface area (Å²) >= 11 is 0. The monoisotopic (exact) mass is 275 g/mol. The Morgan fingerprint density at radius 1 is 1.22 bits per heavy atom. The minimum Gasteiger partial charge on any atom is -0.314 e. The molecule has 0 aromatic rings. The molecule has 1 aliphatic carbocycles. The lowest BCUT2D eigenvalue weighted by atomic mass is 9.78. The Hall–Kier alpha value is -0.0900. The van der Waals surface area contributed by atoms with E-state index in [1.54, 1.807) is 0 Å². The second kappa shape index (κ2) is 7.49. The lowest BCUT2D eigenvalue weighted by molar-refractivity contribution is 0.226. The van der Waals surface area contributed by atoms with Gasteiger partial charge in [-0.05, 0) is 44.1 Å². The van der Waals surface area contributed by atoms with Crippen LogP contribution in [0.3, 0.4) is 0 Å². The van der Waals surface area contributed by atoms with Crippen molar-refractivity contribution < 1.29 is 8.42 Å². The molecule has 0 heterocycles. The third-order valence-corrected chi connectivity index (χ3v) is 5.06. The van der Waals surface area contributed by atoms with Gasteiger partial charge in [0.1, 0.15) is 9.84 Å². The lowest BCUT2D eigenvalue weighted by Gasteiger charge is -2.33. The number of sulfone groups is 1. The van der Waals surface area contributed by atoms with E-state index >= 15 is 0 Å². The first kappa shape index (κ1) is 16.0. The van der Waals surface area contributed by atoms with Crippen molar-refractivity contribution in [3.05, 3.63) is 0 Å². The molecule has 1 saturated carbocycles. The number of rotatable bonds is 7. The molecule has 0 saturated heterocycles. The van der Waals surface area contributed by atoms with Gasteiger partial charge < -0.3 is 5.32 Å². The second-order valence-electron chi connectivity index (χ2n) is 6.00. The van der Waals surface area contributed by atoms with E-state index in [1.165, 1.54) is 31.9 Å². The van der Waals surface area contributed by atoms with Crippen LogP contribution in [0.4, 0.5) is 0 Å². The summed E-state index contributed by atoms with van der Waals surface area (Å²) in [5, 5.41) is 3.56. The molecule has 1 atom stereocenters. The van der Waals surface area contributed by atoms with Gasteiger partial charge in [-0.25, -0.2) is 8.42 Å². The third-order valence-electron chi connectivity index (χ3n) is 4.09. The zero-order valence-electron chi connectivity index (χ0n) is 12.1. The van der Waals surface area contributed by atoms with E-state index in [0.29, 0.717) is 17.7 Å². The molecule has 0 aromatic carbocycles. The van der Waals surface area contributed by atoms with E-state index in [1.807, 2.05) is 0 Å². The van der Waals surface area contributed by atoms with E-state index < -0.39 is 9.84 Å². The van der Waals surface area contributed by atoms with Crippen molar-refractivity contribution in [1.29, 1.82) is 0 Å². The summed E-state index contributed by atoms with van der Waals surface area (Å²) in [5.41, 5.74) is 0. The van der Waals surface area contributed by atoms with Crippen molar-refractivity contribution in [2.75, 3.05) is 18.6 Å². The molecule has 0 amide bonds. The fraction of sp³-hybridized carbons (Fsp3) is 1.00. The zero-order chi connectivity index (χ0) is 13.6. The van der Waals surface area contributed by atoms with Crippen molar-refractivity contribution in [3.63, 3.8) is 0 Å². The molecule has 1 rings (SSSR count). The summed E-state index contributed by atoms with van der Waals surface area (Å²) in [6.45, 7) is 5.48. The van der Waals surface area contributed by atoms with E-state index in [-0.39, 0.29) is 0 Å². The van der Waals surface area contributed by atoms with Crippen molar-refractivity contribution >= 4 is 9.84 Å². The molecule has 18 heavy (non-hydrogen) atoms. The SMILES string of the molecule is CCCNC(CCS(C)(=O)=O)C1CCC(C)CC1. The molecule has 0 aromatic heterocycles. The van der Waals surface area contributed by atoms with Crippen LogP contribution in [0.15, 0.2) is 0 Å². The van der Waals surface area contributed by atoms with Crippen LogP contribution in [-0.2, 0) is 9.84 Å². The summed E-state index contributed by atoms with van der Waals surface area (Å²) < 4.78 is 22.6. The summed E-state index contributed by atoms with van der Waals surface area (Å²) in [7, 11) is -2.83. The average molecular weight is 275 g/mol. The van der Waals surface area contributed by atoms with Gasteiger partial charge in [-0.3, -0.25) is 0 Å². The van der Waals surface area contributed by atoms with Crippen LogP contribution < -0.4 is 5.32 Å². The van der Waals surface area contributed by atoms with Crippen LogP contribution >= 0.6 is 0 Å². The van der Waals surface area contributed by atoms with Gasteiger partial charge in [-0.1, -0.05) is 26.7 Å². The highest BCUT2D eigenvalue weighted by atomic mass is 32.2. The molecule has 0 aliphatic heterocycles. The Kier molecular flexibility index (Phi) is 6.64. The Bertz CT molecular complexity index is 319. The molecule has 0 spiro atoms. The molecule has 0 bridgehead atoms. The van der Waals surface area contributed by atoms with Crippen LogP contribution in [0, 0.1) is 11.8 Å². The fourth-order valence-electron chi connectivity index (χ4n) is 2.86. The predicted octanol–water partition coefficient (Wildman–Crippen LogP) is 2.62. The standard InChI is InChI=1S/C14H29NO2S/c1-4-10-15-14(9-11-18(3,16)17)13-7-5-12(2)6-8-13/h12-15H,4-11H2,1-3H3. The largest absolute Gasteiger partial charge is 0.314 e. The molecule has 1 N–H and O–H groups in total. The first-order valence-electron chi connectivity index (χ1n) is 7.33. The average Bonchev–Trinajstić information content (AvgIpc) is 2.29. The number of hydrogen-bond acceptors (Lipinski definition) is 3. The van der Waals surface area contributed by atoms with Crippen molar-refractivity contribution in [2.45, 2.75) is 58.4 Å². The van der Waals surface area contributed by atoms with Gasteiger partial charge >= 0.3 is 0 Å².